The van der Waals surface area contributed by atoms with E-state index in [1.54, 1.807) is 24.1 Å². The fourth-order valence-corrected chi connectivity index (χ4v) is 2.26. The van der Waals surface area contributed by atoms with Gasteiger partial charge < -0.3 is 10.6 Å². The van der Waals surface area contributed by atoms with Gasteiger partial charge in [0.05, 0.1) is 17.4 Å². The Hall–Kier alpha value is -2.08. The first-order chi connectivity index (χ1) is 10.7. The number of halogens is 1. The minimum atomic E-state index is 0.562. The number of nitrogens with zero attached hydrogens (tertiary/aromatic N) is 4. The van der Waals surface area contributed by atoms with Crippen LogP contribution in [0.1, 0.15) is 24.1 Å². The van der Waals surface area contributed by atoms with Crippen LogP contribution in [0.2, 0.25) is 5.02 Å². The highest BCUT2D eigenvalue weighted by atomic mass is 35.5. The van der Waals surface area contributed by atoms with Gasteiger partial charge >= 0.3 is 0 Å². The van der Waals surface area contributed by atoms with Gasteiger partial charge in [0.25, 0.3) is 0 Å². The van der Waals surface area contributed by atoms with Gasteiger partial charge in [0, 0.05) is 30.9 Å². The summed E-state index contributed by atoms with van der Waals surface area (Å²) < 4.78 is 1.70. The van der Waals surface area contributed by atoms with Crippen LogP contribution in [0.3, 0.4) is 0 Å². The Morgan fingerprint density at radius 2 is 2.27 bits per heavy atom. The standard InChI is InChI=1S/C15H19ClN6/c1-10-3-4-11(7-18-15(17-2)21-13-5-6-13)14(20-10)22-9-12(16)8-19-22/h3-4,8-9,13H,5-7H2,1-2H3,(H2,17,18,21). The van der Waals surface area contributed by atoms with Gasteiger partial charge in [-0.1, -0.05) is 17.7 Å². The summed E-state index contributed by atoms with van der Waals surface area (Å²) in [5.41, 5.74) is 1.97. The average molecular weight is 319 g/mol. The molecule has 0 aliphatic heterocycles. The van der Waals surface area contributed by atoms with Gasteiger partial charge in [0.1, 0.15) is 0 Å². The molecule has 0 saturated heterocycles. The number of nitrogens with one attached hydrogen (secondary N) is 2. The molecule has 2 aromatic heterocycles. The number of aromatic nitrogens is 3. The first kappa shape index (κ1) is 14.8. The minimum absolute atomic E-state index is 0.562. The number of rotatable bonds is 4. The van der Waals surface area contributed by atoms with Crippen molar-refractivity contribution < 1.29 is 0 Å². The molecule has 7 heteroatoms. The zero-order valence-electron chi connectivity index (χ0n) is 12.7. The van der Waals surface area contributed by atoms with Crippen LogP contribution < -0.4 is 10.6 Å². The minimum Gasteiger partial charge on any atom is -0.354 e. The highest BCUT2D eigenvalue weighted by molar-refractivity contribution is 6.30. The number of hydrogen-bond acceptors (Lipinski definition) is 3. The smallest absolute Gasteiger partial charge is 0.191 e. The quantitative estimate of drug-likeness (QED) is 0.669. The molecule has 0 amide bonds. The molecule has 0 radical (unpaired) electrons. The van der Waals surface area contributed by atoms with Crippen molar-refractivity contribution >= 4 is 17.6 Å². The molecule has 0 bridgehead atoms. The third-order valence-corrected chi connectivity index (χ3v) is 3.65. The predicted octanol–water partition coefficient (Wildman–Crippen LogP) is 2.06. The van der Waals surface area contributed by atoms with Gasteiger partial charge in [-0.3, -0.25) is 4.99 Å². The normalized spacial score (nSPS) is 15.0. The van der Waals surface area contributed by atoms with Gasteiger partial charge in [-0.2, -0.15) is 5.10 Å². The summed E-state index contributed by atoms with van der Waals surface area (Å²) in [5, 5.41) is 11.5. The van der Waals surface area contributed by atoms with Crippen molar-refractivity contribution in [2.45, 2.75) is 32.4 Å². The Kier molecular flexibility index (Phi) is 4.29. The predicted molar refractivity (Wildman–Crippen MR) is 87.5 cm³/mol. The van der Waals surface area contributed by atoms with Crippen molar-refractivity contribution in [1.29, 1.82) is 0 Å². The van der Waals surface area contributed by atoms with Crippen LogP contribution in [0.5, 0.6) is 0 Å². The number of aryl methyl sites for hydroxylation is 1. The number of aliphatic imine (C=N–C) groups is 1. The average Bonchev–Trinajstić information content (AvgIpc) is 3.23. The van der Waals surface area contributed by atoms with Crippen LogP contribution in [0.4, 0.5) is 0 Å². The summed E-state index contributed by atoms with van der Waals surface area (Å²) in [6.07, 6.45) is 5.79. The highest BCUT2D eigenvalue weighted by Gasteiger charge is 2.22. The van der Waals surface area contributed by atoms with Crippen molar-refractivity contribution in [3.05, 3.63) is 40.8 Å². The molecule has 1 saturated carbocycles. The summed E-state index contributed by atoms with van der Waals surface area (Å²) in [4.78, 5) is 8.81. The summed E-state index contributed by atoms with van der Waals surface area (Å²) in [5.74, 6) is 1.59. The van der Waals surface area contributed by atoms with Crippen LogP contribution in [0.15, 0.2) is 29.5 Å². The summed E-state index contributed by atoms with van der Waals surface area (Å²) in [7, 11) is 1.78. The molecule has 22 heavy (non-hydrogen) atoms. The van der Waals surface area contributed by atoms with Crippen molar-refractivity contribution in [2.75, 3.05) is 7.05 Å². The third-order valence-electron chi connectivity index (χ3n) is 3.45. The van der Waals surface area contributed by atoms with Crippen molar-refractivity contribution in [1.82, 2.24) is 25.4 Å². The molecule has 3 rings (SSSR count). The molecule has 6 nitrogen and oxygen atoms in total. The molecule has 2 N–H and O–H groups in total. The molecular formula is C15H19ClN6. The van der Waals surface area contributed by atoms with Gasteiger partial charge in [0.15, 0.2) is 11.8 Å². The van der Waals surface area contributed by atoms with E-state index in [-0.39, 0.29) is 0 Å². The molecule has 0 aromatic carbocycles. The lowest BCUT2D eigenvalue weighted by atomic mass is 10.2. The number of hydrogen-bond donors (Lipinski definition) is 2. The molecule has 1 fully saturated rings. The van der Waals surface area contributed by atoms with Crippen LogP contribution in [0, 0.1) is 6.92 Å². The second kappa shape index (κ2) is 6.36. The van der Waals surface area contributed by atoms with Gasteiger partial charge in [-0.15, -0.1) is 0 Å². The Bertz CT molecular complexity index is 689. The van der Waals surface area contributed by atoms with Crippen LogP contribution in [0.25, 0.3) is 5.82 Å². The molecule has 0 unspecified atom stereocenters. The Balaban J connectivity index is 1.77. The van der Waals surface area contributed by atoms with E-state index >= 15 is 0 Å². The summed E-state index contributed by atoms with van der Waals surface area (Å²) in [6, 6.07) is 4.60. The number of pyridine rings is 1. The van der Waals surface area contributed by atoms with Crippen molar-refractivity contribution in [2.24, 2.45) is 4.99 Å². The SMILES string of the molecule is CN=C(NCc1ccc(C)nc1-n1cc(Cl)cn1)NC1CC1. The van der Waals surface area contributed by atoms with E-state index in [4.69, 9.17) is 11.6 Å². The first-order valence-electron chi connectivity index (χ1n) is 7.30. The monoisotopic (exact) mass is 318 g/mol. The Morgan fingerprint density at radius 3 is 2.91 bits per heavy atom. The maximum atomic E-state index is 5.96. The molecule has 1 aliphatic carbocycles. The molecular weight excluding hydrogens is 300 g/mol. The number of guanidine groups is 1. The first-order valence-corrected chi connectivity index (χ1v) is 7.68. The van der Waals surface area contributed by atoms with Gasteiger partial charge in [-0.25, -0.2) is 9.67 Å². The summed E-state index contributed by atoms with van der Waals surface area (Å²) in [6.45, 7) is 2.58. The topological polar surface area (TPSA) is 67.1 Å². The van der Waals surface area contributed by atoms with E-state index < -0.39 is 0 Å². The maximum absolute atomic E-state index is 5.96. The van der Waals surface area contributed by atoms with E-state index in [1.807, 2.05) is 19.1 Å². The lowest BCUT2D eigenvalue weighted by Crippen LogP contribution is -2.38. The Labute approximate surface area is 134 Å². The lowest BCUT2D eigenvalue weighted by Gasteiger charge is -2.13. The third kappa shape index (κ3) is 3.57. The van der Waals surface area contributed by atoms with E-state index in [9.17, 15) is 0 Å². The van der Waals surface area contributed by atoms with E-state index in [1.165, 1.54) is 12.8 Å². The largest absolute Gasteiger partial charge is 0.354 e. The second-order valence-corrected chi connectivity index (χ2v) is 5.82. The van der Waals surface area contributed by atoms with E-state index in [0.29, 0.717) is 17.6 Å². The van der Waals surface area contributed by atoms with E-state index in [2.05, 4.69) is 25.7 Å². The van der Waals surface area contributed by atoms with E-state index in [0.717, 1.165) is 23.0 Å². The molecule has 116 valence electrons. The zero-order chi connectivity index (χ0) is 15.5. The molecule has 0 atom stereocenters. The summed E-state index contributed by atoms with van der Waals surface area (Å²) >= 11 is 5.96. The van der Waals surface area contributed by atoms with Gasteiger partial charge in [0.2, 0.25) is 0 Å². The molecule has 2 aromatic rings. The highest BCUT2D eigenvalue weighted by Crippen LogP contribution is 2.18. The fourth-order valence-electron chi connectivity index (χ4n) is 2.12. The van der Waals surface area contributed by atoms with Crippen LogP contribution >= 0.6 is 11.6 Å². The zero-order valence-corrected chi connectivity index (χ0v) is 13.4. The fraction of sp³-hybridized carbons (Fsp3) is 0.400. The maximum Gasteiger partial charge on any atom is 0.191 e. The second-order valence-electron chi connectivity index (χ2n) is 5.38. The van der Waals surface area contributed by atoms with Crippen LogP contribution in [-0.2, 0) is 6.54 Å². The molecule has 1 aliphatic rings. The van der Waals surface area contributed by atoms with Crippen molar-refractivity contribution in [3.8, 4) is 5.82 Å². The lowest BCUT2D eigenvalue weighted by molar-refractivity contribution is 0.774. The van der Waals surface area contributed by atoms with Crippen molar-refractivity contribution in [3.63, 3.8) is 0 Å². The molecule has 0 spiro atoms. The molecule has 2 heterocycles. The Morgan fingerprint density at radius 1 is 1.45 bits per heavy atom. The van der Waals surface area contributed by atoms with Gasteiger partial charge in [-0.05, 0) is 25.8 Å². The van der Waals surface area contributed by atoms with Crippen LogP contribution in [-0.4, -0.2) is 33.8 Å².